The van der Waals surface area contributed by atoms with Crippen LogP contribution in [0.25, 0.3) is 10.9 Å². The standard InChI is InChI=1S/C44H47F4N7O4/c1-49-39(57)7-6-28(24-56)55-43(58)33-14-26-19-54(20-27(26)15-34(33)44(55)59)30-21-51(22-30)18-25-8-11-52(12-9-25)29-16-35(45)40(36(46)17-29)42-41-32(10-13-53(42)23-38(47)48)31-4-2-3-5-37(31)50-41/h2-5,14-17,24-25,28,30,38,42,50H,6-13,18-23H2,1H3,(H,49,57)/t28?,42-/m1/s1. The normalized spacial score (nSPS) is 20.9. The van der Waals surface area contributed by atoms with Crippen LogP contribution in [0.2, 0.25) is 0 Å². The Morgan fingerprint density at radius 3 is 2.24 bits per heavy atom. The van der Waals surface area contributed by atoms with Gasteiger partial charge in [0.2, 0.25) is 5.91 Å². The summed E-state index contributed by atoms with van der Waals surface area (Å²) in [6.45, 7) is 5.01. The number of imide groups is 1. The van der Waals surface area contributed by atoms with Crippen LogP contribution in [0.3, 0.4) is 0 Å². The van der Waals surface area contributed by atoms with Gasteiger partial charge < -0.3 is 20.0 Å². The van der Waals surface area contributed by atoms with E-state index in [2.05, 4.69) is 20.1 Å². The number of amides is 3. The number of H-pyrrole nitrogens is 1. The van der Waals surface area contributed by atoms with Gasteiger partial charge >= 0.3 is 0 Å². The average Bonchev–Trinajstić information content (AvgIpc) is 3.87. The van der Waals surface area contributed by atoms with Crippen molar-refractivity contribution in [3.05, 3.63) is 99.2 Å². The third-order valence-electron chi connectivity index (χ3n) is 13.2. The maximum Gasteiger partial charge on any atom is 0.262 e. The van der Waals surface area contributed by atoms with Crippen molar-refractivity contribution in [1.82, 2.24) is 29.9 Å². The lowest BCUT2D eigenvalue weighted by Gasteiger charge is -2.46. The van der Waals surface area contributed by atoms with Crippen LogP contribution in [0, 0.1) is 17.6 Å². The van der Waals surface area contributed by atoms with Crippen LogP contribution in [0.15, 0.2) is 48.5 Å². The molecule has 9 rings (SSSR count). The van der Waals surface area contributed by atoms with Crippen molar-refractivity contribution in [1.29, 1.82) is 0 Å². The van der Waals surface area contributed by atoms with Gasteiger partial charge in [0.05, 0.1) is 29.8 Å². The van der Waals surface area contributed by atoms with Crippen LogP contribution >= 0.6 is 0 Å². The van der Waals surface area contributed by atoms with Crippen molar-refractivity contribution in [2.45, 2.75) is 69.7 Å². The minimum Gasteiger partial charge on any atom is -0.371 e. The van der Waals surface area contributed by atoms with Crippen LogP contribution in [0.1, 0.15) is 80.4 Å². The fourth-order valence-corrected chi connectivity index (χ4v) is 10.1. The molecule has 2 fully saturated rings. The minimum atomic E-state index is -2.65. The Morgan fingerprint density at radius 2 is 1.61 bits per heavy atom. The van der Waals surface area contributed by atoms with Crippen molar-refractivity contribution in [2.24, 2.45) is 5.92 Å². The van der Waals surface area contributed by atoms with Crippen LogP contribution in [-0.2, 0) is 29.1 Å². The number of alkyl halides is 2. The van der Waals surface area contributed by atoms with Gasteiger partial charge in [-0.25, -0.2) is 17.6 Å². The van der Waals surface area contributed by atoms with Crippen molar-refractivity contribution in [3.63, 3.8) is 0 Å². The Balaban J connectivity index is 0.790. The predicted octanol–water partition coefficient (Wildman–Crippen LogP) is 5.26. The van der Waals surface area contributed by atoms with E-state index in [4.69, 9.17) is 0 Å². The second-order valence-electron chi connectivity index (χ2n) is 16.7. The number of aldehydes is 1. The Labute approximate surface area is 339 Å². The lowest BCUT2D eigenvalue weighted by atomic mass is 9.91. The zero-order chi connectivity index (χ0) is 41.1. The molecule has 4 aromatic rings. The van der Waals surface area contributed by atoms with Crippen molar-refractivity contribution < 1.29 is 36.7 Å². The maximum atomic E-state index is 16.1. The van der Waals surface area contributed by atoms with E-state index in [1.54, 1.807) is 12.1 Å². The fourth-order valence-electron chi connectivity index (χ4n) is 10.1. The summed E-state index contributed by atoms with van der Waals surface area (Å²) >= 11 is 0. The van der Waals surface area contributed by atoms with Gasteiger partial charge in [0.15, 0.2) is 0 Å². The number of para-hydroxylation sites is 1. The largest absolute Gasteiger partial charge is 0.371 e. The Kier molecular flexibility index (Phi) is 10.5. The van der Waals surface area contributed by atoms with Gasteiger partial charge in [0, 0.05) is 99.7 Å². The number of halogens is 4. The molecule has 3 amide bonds. The number of carbonyl (C=O) groups excluding carboxylic acids is 4. The van der Waals surface area contributed by atoms with Gasteiger partial charge in [0.1, 0.15) is 17.9 Å². The Morgan fingerprint density at radius 1 is 0.949 bits per heavy atom. The van der Waals surface area contributed by atoms with Gasteiger partial charge in [-0.3, -0.25) is 34.0 Å². The highest BCUT2D eigenvalue weighted by atomic mass is 19.3. The molecule has 0 aliphatic carbocycles. The van der Waals surface area contributed by atoms with E-state index in [1.165, 1.54) is 24.1 Å². The highest BCUT2D eigenvalue weighted by Crippen LogP contribution is 2.42. The fraction of sp³-hybridized carbons (Fsp3) is 0.455. The number of aromatic nitrogens is 1. The van der Waals surface area contributed by atoms with Gasteiger partial charge in [-0.1, -0.05) is 18.2 Å². The number of hydrogen-bond donors (Lipinski definition) is 2. The quantitative estimate of drug-likeness (QED) is 0.113. The van der Waals surface area contributed by atoms with Gasteiger partial charge in [-0.2, -0.15) is 0 Å². The molecule has 0 saturated carbocycles. The maximum absolute atomic E-state index is 16.1. The molecule has 1 aromatic heterocycles. The van der Waals surface area contributed by atoms with E-state index in [-0.39, 0.29) is 30.9 Å². The molecule has 6 heterocycles. The number of fused-ring (bicyclic) bond motifs is 5. The number of rotatable bonds is 12. The summed E-state index contributed by atoms with van der Waals surface area (Å²) in [6, 6.07) is 12.2. The molecule has 0 radical (unpaired) electrons. The van der Waals surface area contributed by atoms with E-state index >= 15 is 8.78 Å². The smallest absolute Gasteiger partial charge is 0.262 e. The molecule has 3 aromatic carbocycles. The number of likely N-dealkylation sites (tertiary alicyclic amines) is 1. The van der Waals surface area contributed by atoms with E-state index in [1.807, 2.05) is 29.2 Å². The number of hydrogen-bond acceptors (Lipinski definition) is 8. The molecular formula is C44H47F4N7O4. The first kappa shape index (κ1) is 39.3. The van der Waals surface area contributed by atoms with Crippen LogP contribution in [0.5, 0.6) is 0 Å². The third kappa shape index (κ3) is 7.20. The zero-order valence-electron chi connectivity index (χ0n) is 32.9. The lowest BCUT2D eigenvalue weighted by Crippen LogP contribution is -2.59. The molecule has 310 valence electrons. The lowest BCUT2D eigenvalue weighted by molar-refractivity contribution is -0.121. The SMILES string of the molecule is CNC(=O)CCC(C=O)N1C(=O)c2cc3c(cc2C1=O)CN(C1CN(CC2CCN(c4cc(F)c([C@@H]5c6[nH]c7ccccc7c6CCN5CC(F)F)c(F)c4)CC2)C1)C3. The van der Waals surface area contributed by atoms with E-state index in [0.29, 0.717) is 73.4 Å². The summed E-state index contributed by atoms with van der Waals surface area (Å²) in [5, 5.41) is 3.43. The number of piperidine rings is 1. The van der Waals surface area contributed by atoms with Crippen LogP contribution < -0.4 is 10.2 Å². The van der Waals surface area contributed by atoms with Gasteiger partial charge in [0.25, 0.3) is 18.2 Å². The number of carbonyl (C=O) groups is 4. The monoisotopic (exact) mass is 813 g/mol. The van der Waals surface area contributed by atoms with E-state index < -0.39 is 48.5 Å². The average molecular weight is 814 g/mol. The molecule has 0 bridgehead atoms. The molecule has 11 nitrogen and oxygen atoms in total. The summed E-state index contributed by atoms with van der Waals surface area (Å²) in [5.74, 6) is -2.32. The van der Waals surface area contributed by atoms with Crippen molar-refractivity contribution in [2.75, 3.05) is 57.8 Å². The Bertz CT molecular complexity index is 2250. The summed E-state index contributed by atoms with van der Waals surface area (Å²) in [4.78, 5) is 62.8. The molecule has 5 aliphatic heterocycles. The highest BCUT2D eigenvalue weighted by Gasteiger charge is 2.43. The number of aromatic amines is 1. The first-order chi connectivity index (χ1) is 28.5. The first-order valence-electron chi connectivity index (χ1n) is 20.5. The van der Waals surface area contributed by atoms with E-state index in [0.717, 1.165) is 65.0 Å². The van der Waals surface area contributed by atoms with Crippen molar-refractivity contribution >= 4 is 40.6 Å². The molecule has 2 saturated heterocycles. The predicted molar refractivity (Wildman–Crippen MR) is 212 cm³/mol. The number of nitrogens with one attached hydrogen (secondary N) is 2. The molecule has 0 spiro atoms. The summed E-state index contributed by atoms with van der Waals surface area (Å²) in [7, 11) is 1.49. The van der Waals surface area contributed by atoms with Crippen LogP contribution in [-0.4, -0.2) is 120 Å². The number of benzene rings is 3. The number of nitrogens with zero attached hydrogens (tertiary/aromatic N) is 5. The third-order valence-corrected chi connectivity index (χ3v) is 13.2. The second-order valence-corrected chi connectivity index (χ2v) is 16.7. The van der Waals surface area contributed by atoms with Crippen LogP contribution in [0.4, 0.5) is 23.2 Å². The molecule has 15 heteroatoms. The van der Waals surface area contributed by atoms with E-state index in [9.17, 15) is 28.0 Å². The highest BCUT2D eigenvalue weighted by molar-refractivity contribution is 6.22. The zero-order valence-corrected chi connectivity index (χ0v) is 32.9. The second kappa shape index (κ2) is 15.8. The molecule has 59 heavy (non-hydrogen) atoms. The topological polar surface area (TPSA) is 112 Å². The van der Waals surface area contributed by atoms with Gasteiger partial charge in [-0.15, -0.1) is 0 Å². The summed E-state index contributed by atoms with van der Waals surface area (Å²) < 4.78 is 59.7. The molecule has 2 atom stereocenters. The summed E-state index contributed by atoms with van der Waals surface area (Å²) in [6.07, 6.45) is 0.238. The first-order valence-corrected chi connectivity index (χ1v) is 20.5. The van der Waals surface area contributed by atoms with Gasteiger partial charge in [-0.05, 0) is 78.6 Å². The number of anilines is 1. The summed E-state index contributed by atoms with van der Waals surface area (Å²) in [5.41, 5.74) is 5.14. The molecule has 2 N–H and O–H groups in total. The minimum absolute atomic E-state index is 0.0254. The Hall–Kier alpha value is -5.12. The molecule has 5 aliphatic rings. The molecule has 1 unspecified atom stereocenters. The molecular weight excluding hydrogens is 767 g/mol. The van der Waals surface area contributed by atoms with Crippen molar-refractivity contribution in [3.8, 4) is 0 Å².